The number of hydrogen-bond donors (Lipinski definition) is 1. The number of anilines is 1. The van der Waals surface area contributed by atoms with E-state index in [1.165, 1.54) is 0 Å². The van der Waals surface area contributed by atoms with E-state index in [1.807, 2.05) is 0 Å². The zero-order valence-electron chi connectivity index (χ0n) is 17.6. The van der Waals surface area contributed by atoms with E-state index < -0.39 is 54.1 Å². The van der Waals surface area contributed by atoms with Crippen LogP contribution in [0.4, 0.5) is 51.0 Å². The summed E-state index contributed by atoms with van der Waals surface area (Å²) in [4.78, 5) is 14.8. The monoisotopic (exact) mass is 562 g/mol. The Labute approximate surface area is 200 Å². The Balaban J connectivity index is 2.18. The number of sulfone groups is 1. The summed E-state index contributed by atoms with van der Waals surface area (Å²) in [6.45, 7) is 0.0393. The van der Waals surface area contributed by atoms with Crippen molar-refractivity contribution in [3.8, 4) is 0 Å². The molecule has 18 heteroatoms. The third-order valence-electron chi connectivity index (χ3n) is 4.96. The molecule has 0 atom stereocenters. The molecule has 0 unspecified atom stereocenters. The van der Waals surface area contributed by atoms with Crippen molar-refractivity contribution in [1.29, 1.82) is 0 Å². The fraction of sp³-hybridized carbons (Fsp3) is 0.263. The molecule has 1 aromatic heterocycles. The molecule has 0 saturated carbocycles. The van der Waals surface area contributed by atoms with Crippen molar-refractivity contribution in [1.82, 2.24) is 9.97 Å². The van der Waals surface area contributed by atoms with Crippen LogP contribution in [0.5, 0.6) is 0 Å². The first-order chi connectivity index (χ1) is 16.9. The lowest BCUT2D eigenvalue weighted by Crippen LogP contribution is -2.63. The number of aromatic nitrogens is 2. The van der Waals surface area contributed by atoms with E-state index in [4.69, 9.17) is 0 Å². The van der Waals surface area contributed by atoms with Crippen LogP contribution in [0.15, 0.2) is 53.7 Å². The molecule has 0 aliphatic heterocycles. The number of fused-ring (bicyclic) bond motifs is 1. The van der Waals surface area contributed by atoms with E-state index >= 15 is 0 Å². The van der Waals surface area contributed by atoms with Crippen molar-refractivity contribution in [3.63, 3.8) is 0 Å². The molecule has 0 radical (unpaired) electrons. The molecule has 0 aliphatic carbocycles. The fourth-order valence-corrected chi connectivity index (χ4v) is 4.44. The number of halogens is 9. The fourth-order valence-electron chi connectivity index (χ4n) is 3.02. The van der Waals surface area contributed by atoms with Gasteiger partial charge in [0.2, 0.25) is 0 Å². The summed E-state index contributed by atoms with van der Waals surface area (Å²) >= 11 is 0. The largest absolute Gasteiger partial charge is 0.460 e. The molecule has 8 nitrogen and oxygen atoms in total. The van der Waals surface area contributed by atoms with Crippen LogP contribution in [-0.4, -0.2) is 46.6 Å². The standard InChI is InChI=1S/C19H11F9N4O4S/c20-16(21,18(24,25)26)17(22,23)19(27,28)37(35,36)14-7-12-11(6-13(14)32(33)34)15(31-9-30-12)29-8-10-4-2-1-3-5-10/h1-7,9H,8H2,(H,29,30,31). The topological polar surface area (TPSA) is 115 Å². The zero-order chi connectivity index (χ0) is 28.0. The van der Waals surface area contributed by atoms with Crippen molar-refractivity contribution in [3.05, 3.63) is 64.5 Å². The molecule has 0 fully saturated rings. The Bertz CT molecular complexity index is 1450. The van der Waals surface area contributed by atoms with Crippen LogP contribution in [0.1, 0.15) is 5.56 Å². The first-order valence-corrected chi connectivity index (χ1v) is 11.0. The predicted octanol–water partition coefficient (Wildman–Crippen LogP) is 5.35. The molecule has 0 saturated heterocycles. The van der Waals surface area contributed by atoms with Crippen molar-refractivity contribution < 1.29 is 52.9 Å². The highest BCUT2D eigenvalue weighted by molar-refractivity contribution is 7.92. The average molecular weight is 562 g/mol. The summed E-state index contributed by atoms with van der Waals surface area (Å²) in [6.07, 6.45) is -6.57. The maximum atomic E-state index is 14.3. The smallest absolute Gasteiger partial charge is 0.365 e. The van der Waals surface area contributed by atoms with Crippen molar-refractivity contribution in [2.75, 3.05) is 5.32 Å². The number of nitrogens with one attached hydrogen (secondary N) is 1. The molecule has 3 rings (SSSR count). The highest BCUT2D eigenvalue weighted by atomic mass is 32.2. The van der Waals surface area contributed by atoms with Gasteiger partial charge in [-0.2, -0.15) is 39.5 Å². The van der Waals surface area contributed by atoms with Gasteiger partial charge in [-0.25, -0.2) is 18.4 Å². The number of nitrogens with zero attached hydrogens (tertiary/aromatic N) is 3. The van der Waals surface area contributed by atoms with Gasteiger partial charge in [-0.3, -0.25) is 10.1 Å². The average Bonchev–Trinajstić information content (AvgIpc) is 2.81. The molecule has 0 bridgehead atoms. The Morgan fingerprint density at radius 1 is 0.892 bits per heavy atom. The first-order valence-electron chi connectivity index (χ1n) is 9.52. The highest BCUT2D eigenvalue weighted by Gasteiger charge is 2.85. The van der Waals surface area contributed by atoms with E-state index in [0.29, 0.717) is 5.56 Å². The second kappa shape index (κ2) is 9.00. The number of benzene rings is 2. The third-order valence-corrected chi connectivity index (χ3v) is 6.80. The van der Waals surface area contributed by atoms with Gasteiger partial charge in [-0.1, -0.05) is 30.3 Å². The zero-order valence-corrected chi connectivity index (χ0v) is 18.4. The van der Waals surface area contributed by atoms with Gasteiger partial charge < -0.3 is 5.32 Å². The molecule has 200 valence electrons. The molecule has 0 spiro atoms. The number of nitro benzene ring substituents is 1. The van der Waals surface area contributed by atoms with Crippen molar-refractivity contribution in [2.45, 2.75) is 34.7 Å². The number of rotatable bonds is 8. The molecule has 2 aromatic carbocycles. The Morgan fingerprint density at radius 3 is 2.03 bits per heavy atom. The maximum absolute atomic E-state index is 14.3. The second-order valence-corrected chi connectivity index (χ2v) is 9.28. The summed E-state index contributed by atoms with van der Waals surface area (Å²) in [5.74, 6) is -15.3. The molecule has 3 aromatic rings. The van der Waals surface area contributed by atoms with Gasteiger partial charge in [-0.05, 0) is 11.6 Å². The van der Waals surface area contributed by atoms with Crippen LogP contribution in [0.25, 0.3) is 10.9 Å². The minimum atomic E-state index is -7.56. The maximum Gasteiger partial charge on any atom is 0.460 e. The molecule has 1 N–H and O–H groups in total. The summed E-state index contributed by atoms with van der Waals surface area (Å²) in [7, 11) is -7.26. The van der Waals surface area contributed by atoms with Gasteiger partial charge in [0.15, 0.2) is 4.90 Å². The van der Waals surface area contributed by atoms with Crippen molar-refractivity contribution in [2.24, 2.45) is 0 Å². The van der Waals surface area contributed by atoms with Crippen LogP contribution in [0.3, 0.4) is 0 Å². The SMILES string of the molecule is O=[N+]([O-])c1cc2c(NCc3ccccc3)ncnc2cc1S(=O)(=O)C(F)(F)C(F)(F)C(F)(F)C(F)(F)F. The first kappa shape index (κ1) is 27.9. The summed E-state index contributed by atoms with van der Waals surface area (Å²) in [5, 5.41) is 6.63. The minimum absolute atomic E-state index is 0.0199. The van der Waals surface area contributed by atoms with Gasteiger partial charge in [-0.15, -0.1) is 0 Å². The number of hydrogen-bond acceptors (Lipinski definition) is 7. The molecule has 0 aliphatic rings. The normalized spacial score (nSPS) is 13.5. The predicted molar refractivity (Wildman–Crippen MR) is 108 cm³/mol. The Morgan fingerprint density at radius 2 is 1.49 bits per heavy atom. The highest BCUT2D eigenvalue weighted by Crippen LogP contribution is 2.56. The summed E-state index contributed by atoms with van der Waals surface area (Å²) in [6, 6.07) is 8.59. The minimum Gasteiger partial charge on any atom is -0.365 e. The van der Waals surface area contributed by atoms with E-state index in [9.17, 15) is 58.0 Å². The lowest BCUT2D eigenvalue weighted by atomic mass is 10.1. The van der Waals surface area contributed by atoms with Gasteiger partial charge >= 0.3 is 23.3 Å². The quantitative estimate of drug-likeness (QED) is 0.224. The molecule has 37 heavy (non-hydrogen) atoms. The lowest BCUT2D eigenvalue weighted by molar-refractivity contribution is -0.388. The van der Waals surface area contributed by atoms with E-state index in [-0.39, 0.29) is 29.9 Å². The van der Waals surface area contributed by atoms with Crippen LogP contribution in [0, 0.1) is 10.1 Å². The summed E-state index contributed by atoms with van der Waals surface area (Å²) in [5.41, 5.74) is -1.83. The van der Waals surface area contributed by atoms with Gasteiger partial charge in [0.25, 0.3) is 15.5 Å². The van der Waals surface area contributed by atoms with Gasteiger partial charge in [0.1, 0.15) is 12.1 Å². The number of alkyl halides is 9. The van der Waals surface area contributed by atoms with E-state index in [0.717, 1.165) is 6.33 Å². The molecule has 1 heterocycles. The van der Waals surface area contributed by atoms with Crippen molar-refractivity contribution >= 4 is 32.2 Å². The van der Waals surface area contributed by atoms with Gasteiger partial charge in [0.05, 0.1) is 10.4 Å². The van der Waals surface area contributed by atoms with Crippen LogP contribution in [-0.2, 0) is 16.4 Å². The van der Waals surface area contributed by atoms with Gasteiger partial charge in [0, 0.05) is 18.0 Å². The van der Waals surface area contributed by atoms with E-state index in [1.54, 1.807) is 30.3 Å². The number of nitro groups is 1. The summed E-state index contributed by atoms with van der Waals surface area (Å²) < 4.78 is 145. The van der Waals surface area contributed by atoms with Crippen LogP contribution < -0.4 is 5.32 Å². The Hall–Kier alpha value is -3.70. The lowest BCUT2D eigenvalue weighted by Gasteiger charge is -2.33. The van der Waals surface area contributed by atoms with E-state index in [2.05, 4.69) is 15.3 Å². The molecular weight excluding hydrogens is 551 g/mol. The molecule has 0 amide bonds. The Kier molecular flexibility index (Phi) is 6.78. The second-order valence-electron chi connectivity index (χ2n) is 7.32. The van der Waals surface area contributed by atoms with Crippen LogP contribution >= 0.6 is 0 Å². The molecular formula is C19H11F9N4O4S. The van der Waals surface area contributed by atoms with Crippen LogP contribution in [0.2, 0.25) is 0 Å². The third kappa shape index (κ3) is 4.49.